The predicted molar refractivity (Wildman–Crippen MR) is 81.6 cm³/mol. The maximum absolute atomic E-state index is 5.95. The lowest BCUT2D eigenvalue weighted by Crippen LogP contribution is -2.52. The van der Waals surface area contributed by atoms with E-state index in [2.05, 4.69) is 20.4 Å². The molecule has 1 saturated carbocycles. The molecule has 2 aliphatic rings. The average molecular weight is 299 g/mol. The fourth-order valence-corrected chi connectivity index (χ4v) is 3.63. The zero-order valence-electron chi connectivity index (χ0n) is 12.6. The maximum atomic E-state index is 5.95. The van der Waals surface area contributed by atoms with Crippen molar-refractivity contribution >= 4 is 0 Å². The number of fused-ring (bicyclic) bond motifs is 1. The molecular weight excluding hydrogens is 278 g/mol. The van der Waals surface area contributed by atoms with Crippen LogP contribution < -0.4 is 0 Å². The molecule has 2 aromatic rings. The smallest absolute Gasteiger partial charge is 0.170 e. The van der Waals surface area contributed by atoms with Gasteiger partial charge in [0.15, 0.2) is 5.82 Å². The van der Waals surface area contributed by atoms with Gasteiger partial charge >= 0.3 is 0 Å². The Morgan fingerprint density at radius 1 is 1.14 bits per heavy atom. The molecule has 0 N–H and O–H groups in total. The SMILES string of the molecule is c1ccc(-n2nnnc2CN2CCO[C@H]3CCCC[C@H]32)cc1. The molecule has 0 spiro atoms. The van der Waals surface area contributed by atoms with Crippen molar-refractivity contribution < 1.29 is 4.74 Å². The highest BCUT2D eigenvalue weighted by molar-refractivity contribution is 5.30. The number of morpholine rings is 1. The molecule has 0 amide bonds. The Bertz CT molecular complexity index is 612. The highest BCUT2D eigenvalue weighted by atomic mass is 16.5. The van der Waals surface area contributed by atoms with E-state index in [1.807, 2.05) is 35.0 Å². The first-order chi connectivity index (χ1) is 10.9. The third-order valence-corrected chi connectivity index (χ3v) is 4.73. The monoisotopic (exact) mass is 299 g/mol. The number of hydrogen-bond acceptors (Lipinski definition) is 5. The van der Waals surface area contributed by atoms with Gasteiger partial charge in [0.25, 0.3) is 0 Å². The second kappa shape index (κ2) is 6.14. The number of aromatic nitrogens is 4. The van der Waals surface area contributed by atoms with Gasteiger partial charge < -0.3 is 4.74 Å². The second-order valence-electron chi connectivity index (χ2n) is 6.07. The van der Waals surface area contributed by atoms with Gasteiger partial charge in [0.05, 0.1) is 24.9 Å². The summed E-state index contributed by atoms with van der Waals surface area (Å²) in [6.07, 6.45) is 5.38. The number of para-hydroxylation sites is 1. The van der Waals surface area contributed by atoms with Crippen LogP contribution in [-0.2, 0) is 11.3 Å². The van der Waals surface area contributed by atoms with Gasteiger partial charge in [0, 0.05) is 12.6 Å². The molecule has 0 bridgehead atoms. The molecule has 2 heterocycles. The van der Waals surface area contributed by atoms with Crippen LogP contribution in [0.2, 0.25) is 0 Å². The molecule has 1 saturated heterocycles. The van der Waals surface area contributed by atoms with Crippen LogP contribution in [0.15, 0.2) is 30.3 Å². The molecule has 4 rings (SSSR count). The molecular formula is C16H21N5O. The normalized spacial score (nSPS) is 25.8. The van der Waals surface area contributed by atoms with Crippen LogP contribution in [0.25, 0.3) is 5.69 Å². The zero-order valence-corrected chi connectivity index (χ0v) is 12.6. The van der Waals surface area contributed by atoms with E-state index < -0.39 is 0 Å². The minimum Gasteiger partial charge on any atom is -0.375 e. The topological polar surface area (TPSA) is 56.1 Å². The quantitative estimate of drug-likeness (QED) is 0.865. The van der Waals surface area contributed by atoms with Crippen molar-refractivity contribution in [1.82, 2.24) is 25.1 Å². The standard InChI is InChI=1S/C16H21N5O/c1-2-6-13(7-3-1)21-16(17-18-19-21)12-20-10-11-22-15-9-5-4-8-14(15)20/h1-3,6-7,14-15H,4-5,8-12H2/t14-,15+/m1/s1. The highest BCUT2D eigenvalue weighted by Gasteiger charge is 2.34. The lowest BCUT2D eigenvalue weighted by atomic mass is 9.90. The Hall–Kier alpha value is -1.79. The molecule has 1 aromatic heterocycles. The summed E-state index contributed by atoms with van der Waals surface area (Å²) < 4.78 is 7.79. The van der Waals surface area contributed by atoms with Crippen molar-refractivity contribution in [2.75, 3.05) is 13.2 Å². The van der Waals surface area contributed by atoms with Crippen LogP contribution in [0.4, 0.5) is 0 Å². The van der Waals surface area contributed by atoms with Crippen LogP contribution in [0.3, 0.4) is 0 Å². The summed E-state index contributed by atoms with van der Waals surface area (Å²) in [5, 5.41) is 12.3. The Morgan fingerprint density at radius 3 is 2.91 bits per heavy atom. The van der Waals surface area contributed by atoms with E-state index in [-0.39, 0.29) is 0 Å². The number of hydrogen-bond donors (Lipinski definition) is 0. The summed E-state index contributed by atoms with van der Waals surface area (Å²) >= 11 is 0. The third kappa shape index (κ3) is 2.64. The van der Waals surface area contributed by atoms with Crippen molar-refractivity contribution in [3.8, 4) is 5.69 Å². The minimum absolute atomic E-state index is 0.392. The third-order valence-electron chi connectivity index (χ3n) is 4.73. The Kier molecular flexibility index (Phi) is 3.86. The molecule has 22 heavy (non-hydrogen) atoms. The zero-order chi connectivity index (χ0) is 14.8. The Morgan fingerprint density at radius 2 is 2.00 bits per heavy atom. The molecule has 6 nitrogen and oxygen atoms in total. The van der Waals surface area contributed by atoms with Crippen molar-refractivity contribution in [1.29, 1.82) is 0 Å². The Balaban J connectivity index is 1.55. The molecule has 6 heteroatoms. The van der Waals surface area contributed by atoms with E-state index in [9.17, 15) is 0 Å². The molecule has 1 aliphatic carbocycles. The predicted octanol–water partition coefficient (Wildman–Crippen LogP) is 1.81. The van der Waals surface area contributed by atoms with Gasteiger partial charge in [-0.3, -0.25) is 4.90 Å². The van der Waals surface area contributed by atoms with Crippen LogP contribution in [0, 0.1) is 0 Å². The fraction of sp³-hybridized carbons (Fsp3) is 0.562. The molecule has 1 aromatic carbocycles. The second-order valence-corrected chi connectivity index (χ2v) is 6.07. The molecule has 0 radical (unpaired) electrons. The van der Waals surface area contributed by atoms with Gasteiger partial charge in [0.2, 0.25) is 0 Å². The van der Waals surface area contributed by atoms with Crippen LogP contribution in [0.5, 0.6) is 0 Å². The first kappa shape index (κ1) is 13.8. The maximum Gasteiger partial charge on any atom is 0.170 e. The molecule has 1 aliphatic heterocycles. The van der Waals surface area contributed by atoms with Gasteiger partial charge in [-0.05, 0) is 35.4 Å². The van der Waals surface area contributed by atoms with Gasteiger partial charge in [-0.25, -0.2) is 0 Å². The number of benzene rings is 1. The fourth-order valence-electron chi connectivity index (χ4n) is 3.63. The lowest BCUT2D eigenvalue weighted by Gasteiger charge is -2.43. The van der Waals surface area contributed by atoms with Crippen LogP contribution >= 0.6 is 0 Å². The van der Waals surface area contributed by atoms with E-state index in [1.165, 1.54) is 25.7 Å². The van der Waals surface area contributed by atoms with E-state index in [4.69, 9.17) is 4.74 Å². The van der Waals surface area contributed by atoms with Crippen molar-refractivity contribution in [2.24, 2.45) is 0 Å². The molecule has 0 unspecified atom stereocenters. The molecule has 116 valence electrons. The summed E-state index contributed by atoms with van der Waals surface area (Å²) in [5.41, 5.74) is 1.01. The first-order valence-corrected chi connectivity index (χ1v) is 8.10. The van der Waals surface area contributed by atoms with Gasteiger partial charge in [0.1, 0.15) is 0 Å². The van der Waals surface area contributed by atoms with Gasteiger partial charge in [-0.1, -0.05) is 31.0 Å². The number of ether oxygens (including phenoxy) is 1. The van der Waals surface area contributed by atoms with Crippen LogP contribution in [-0.4, -0.2) is 50.4 Å². The summed E-state index contributed by atoms with van der Waals surface area (Å²) in [6, 6.07) is 10.6. The van der Waals surface area contributed by atoms with Crippen molar-refractivity contribution in [2.45, 2.75) is 44.4 Å². The van der Waals surface area contributed by atoms with Gasteiger partial charge in [-0.2, -0.15) is 4.68 Å². The van der Waals surface area contributed by atoms with Gasteiger partial charge in [-0.15, -0.1) is 5.10 Å². The van der Waals surface area contributed by atoms with Crippen LogP contribution in [0.1, 0.15) is 31.5 Å². The number of tetrazole rings is 1. The first-order valence-electron chi connectivity index (χ1n) is 8.10. The summed E-state index contributed by atoms with van der Waals surface area (Å²) in [4.78, 5) is 2.50. The van der Waals surface area contributed by atoms with Crippen molar-refractivity contribution in [3.63, 3.8) is 0 Å². The van der Waals surface area contributed by atoms with E-state index in [0.717, 1.165) is 31.2 Å². The summed E-state index contributed by atoms with van der Waals surface area (Å²) in [5.74, 6) is 0.900. The van der Waals surface area contributed by atoms with E-state index >= 15 is 0 Å². The summed E-state index contributed by atoms with van der Waals surface area (Å²) in [7, 11) is 0. The number of rotatable bonds is 3. The van der Waals surface area contributed by atoms with Crippen molar-refractivity contribution in [3.05, 3.63) is 36.2 Å². The number of nitrogens with zero attached hydrogens (tertiary/aromatic N) is 5. The van der Waals surface area contributed by atoms with E-state index in [0.29, 0.717) is 12.1 Å². The largest absolute Gasteiger partial charge is 0.375 e. The summed E-state index contributed by atoms with van der Waals surface area (Å²) in [6.45, 7) is 2.56. The molecule has 2 fully saturated rings. The minimum atomic E-state index is 0.392. The Labute approximate surface area is 130 Å². The average Bonchev–Trinajstić information content (AvgIpc) is 3.04. The van der Waals surface area contributed by atoms with E-state index in [1.54, 1.807) is 0 Å². The lowest BCUT2D eigenvalue weighted by molar-refractivity contribution is -0.0919. The molecule has 2 atom stereocenters. The highest BCUT2D eigenvalue weighted by Crippen LogP contribution is 2.29.